The summed E-state index contributed by atoms with van der Waals surface area (Å²) in [6.45, 7) is 2.92. The van der Waals surface area contributed by atoms with Crippen LogP contribution in [0.25, 0.3) is 0 Å². The molecule has 0 spiro atoms. The van der Waals surface area contributed by atoms with Crippen molar-refractivity contribution in [2.24, 2.45) is 0 Å². The summed E-state index contributed by atoms with van der Waals surface area (Å²) in [6, 6.07) is 9.35. The molecule has 1 aromatic carbocycles. The molecular weight excluding hydrogens is 296 g/mol. The van der Waals surface area contributed by atoms with E-state index in [1.165, 1.54) is 5.56 Å². The molecule has 2 aromatic rings. The van der Waals surface area contributed by atoms with Gasteiger partial charge in [0.15, 0.2) is 0 Å². The van der Waals surface area contributed by atoms with Gasteiger partial charge in [0.1, 0.15) is 0 Å². The summed E-state index contributed by atoms with van der Waals surface area (Å²) in [6.07, 6.45) is 1.24. The van der Waals surface area contributed by atoms with E-state index < -0.39 is 0 Å². The van der Waals surface area contributed by atoms with E-state index in [-0.39, 0.29) is 11.8 Å². The van der Waals surface area contributed by atoms with Gasteiger partial charge in [0, 0.05) is 25.1 Å². The SMILES string of the molecule is CCNC(=O)c1cccc(CNC(=O)CCc2ccsc2)c1. The second kappa shape index (κ2) is 8.34. The van der Waals surface area contributed by atoms with Gasteiger partial charge in [-0.05, 0) is 53.4 Å². The molecule has 116 valence electrons. The number of carbonyl (C=O) groups is 2. The Balaban J connectivity index is 1.82. The number of hydrogen-bond donors (Lipinski definition) is 2. The molecule has 0 aliphatic carbocycles. The van der Waals surface area contributed by atoms with Crippen LogP contribution in [0.15, 0.2) is 41.1 Å². The third kappa shape index (κ3) is 5.00. The predicted octanol–water partition coefficient (Wildman–Crippen LogP) is 2.75. The summed E-state index contributed by atoms with van der Waals surface area (Å²) in [4.78, 5) is 23.6. The molecule has 0 saturated heterocycles. The fraction of sp³-hybridized carbons (Fsp3) is 0.294. The van der Waals surface area contributed by atoms with Crippen molar-refractivity contribution in [3.05, 3.63) is 57.8 Å². The van der Waals surface area contributed by atoms with Crippen molar-refractivity contribution in [3.63, 3.8) is 0 Å². The van der Waals surface area contributed by atoms with Crippen LogP contribution in [0.2, 0.25) is 0 Å². The van der Waals surface area contributed by atoms with E-state index >= 15 is 0 Å². The van der Waals surface area contributed by atoms with E-state index in [2.05, 4.69) is 16.0 Å². The number of thiophene rings is 1. The fourth-order valence-corrected chi connectivity index (χ4v) is 2.77. The summed E-state index contributed by atoms with van der Waals surface area (Å²) in [5.41, 5.74) is 2.73. The fourth-order valence-electron chi connectivity index (χ4n) is 2.07. The zero-order valence-corrected chi connectivity index (χ0v) is 13.4. The van der Waals surface area contributed by atoms with Crippen LogP contribution in [0.3, 0.4) is 0 Å². The number of nitrogens with one attached hydrogen (secondary N) is 2. The van der Waals surface area contributed by atoms with E-state index in [1.54, 1.807) is 17.4 Å². The maximum Gasteiger partial charge on any atom is 0.251 e. The van der Waals surface area contributed by atoms with Gasteiger partial charge in [0.2, 0.25) is 5.91 Å². The molecule has 2 amide bonds. The second-order valence-electron chi connectivity index (χ2n) is 4.97. The summed E-state index contributed by atoms with van der Waals surface area (Å²) in [5.74, 6) is -0.0669. The molecule has 0 saturated carbocycles. The van der Waals surface area contributed by atoms with Gasteiger partial charge in [-0.15, -0.1) is 0 Å². The van der Waals surface area contributed by atoms with Crippen LogP contribution in [0.1, 0.15) is 34.8 Å². The topological polar surface area (TPSA) is 58.2 Å². The molecule has 1 heterocycles. The lowest BCUT2D eigenvalue weighted by atomic mass is 10.1. The standard InChI is InChI=1S/C17H20N2O2S/c1-2-18-17(21)15-5-3-4-14(10-15)11-19-16(20)7-6-13-8-9-22-12-13/h3-5,8-10,12H,2,6-7,11H2,1H3,(H,18,21)(H,19,20). The highest BCUT2D eigenvalue weighted by molar-refractivity contribution is 7.07. The van der Waals surface area contributed by atoms with E-state index in [0.717, 1.165) is 12.0 Å². The number of hydrogen-bond acceptors (Lipinski definition) is 3. The van der Waals surface area contributed by atoms with Gasteiger partial charge in [-0.3, -0.25) is 9.59 Å². The van der Waals surface area contributed by atoms with Crippen molar-refractivity contribution in [1.29, 1.82) is 0 Å². The van der Waals surface area contributed by atoms with Gasteiger partial charge in [-0.2, -0.15) is 11.3 Å². The smallest absolute Gasteiger partial charge is 0.251 e. The average Bonchev–Trinajstić information content (AvgIpc) is 3.05. The first-order valence-electron chi connectivity index (χ1n) is 7.34. The van der Waals surface area contributed by atoms with Crippen LogP contribution < -0.4 is 10.6 Å². The van der Waals surface area contributed by atoms with Gasteiger partial charge in [0.05, 0.1) is 0 Å². The lowest BCUT2D eigenvalue weighted by Gasteiger charge is -2.07. The van der Waals surface area contributed by atoms with Crippen LogP contribution in [0.5, 0.6) is 0 Å². The monoisotopic (exact) mass is 316 g/mol. The number of aryl methyl sites for hydroxylation is 1. The minimum absolute atomic E-state index is 0.0228. The zero-order chi connectivity index (χ0) is 15.8. The van der Waals surface area contributed by atoms with Crippen LogP contribution in [0, 0.1) is 0 Å². The number of carbonyl (C=O) groups excluding carboxylic acids is 2. The van der Waals surface area contributed by atoms with Gasteiger partial charge < -0.3 is 10.6 Å². The minimum Gasteiger partial charge on any atom is -0.352 e. The molecule has 0 bridgehead atoms. The molecular formula is C17H20N2O2S. The molecule has 0 aliphatic rings. The van der Waals surface area contributed by atoms with Crippen molar-refractivity contribution in [1.82, 2.24) is 10.6 Å². The van der Waals surface area contributed by atoms with E-state index in [9.17, 15) is 9.59 Å². The quantitative estimate of drug-likeness (QED) is 0.825. The van der Waals surface area contributed by atoms with Crippen LogP contribution in [0.4, 0.5) is 0 Å². The number of benzene rings is 1. The Bertz CT molecular complexity index is 623. The van der Waals surface area contributed by atoms with Crippen molar-refractivity contribution in [2.75, 3.05) is 6.54 Å². The Labute approximate surface area is 134 Å². The Morgan fingerprint density at radius 1 is 1.14 bits per heavy atom. The summed E-state index contributed by atoms with van der Waals surface area (Å²) in [5, 5.41) is 9.73. The Morgan fingerprint density at radius 3 is 2.73 bits per heavy atom. The van der Waals surface area contributed by atoms with E-state index in [4.69, 9.17) is 0 Å². The van der Waals surface area contributed by atoms with Crippen LogP contribution in [-0.4, -0.2) is 18.4 Å². The largest absolute Gasteiger partial charge is 0.352 e. The predicted molar refractivity (Wildman–Crippen MR) is 88.9 cm³/mol. The van der Waals surface area contributed by atoms with Crippen molar-refractivity contribution < 1.29 is 9.59 Å². The van der Waals surface area contributed by atoms with Crippen molar-refractivity contribution >= 4 is 23.2 Å². The first kappa shape index (κ1) is 16.2. The minimum atomic E-state index is -0.0897. The third-order valence-electron chi connectivity index (χ3n) is 3.24. The van der Waals surface area contributed by atoms with Gasteiger partial charge in [-0.25, -0.2) is 0 Å². The summed E-state index contributed by atoms with van der Waals surface area (Å²) in [7, 11) is 0. The Kier molecular flexibility index (Phi) is 6.15. The van der Waals surface area contributed by atoms with Crippen molar-refractivity contribution in [3.8, 4) is 0 Å². The lowest BCUT2D eigenvalue weighted by molar-refractivity contribution is -0.121. The third-order valence-corrected chi connectivity index (χ3v) is 3.97. The average molecular weight is 316 g/mol. The zero-order valence-electron chi connectivity index (χ0n) is 12.6. The first-order chi connectivity index (χ1) is 10.7. The Morgan fingerprint density at radius 2 is 2.00 bits per heavy atom. The number of amides is 2. The van der Waals surface area contributed by atoms with Gasteiger partial charge >= 0.3 is 0 Å². The Hall–Kier alpha value is -2.14. The molecule has 0 atom stereocenters. The summed E-state index contributed by atoms with van der Waals surface area (Å²) >= 11 is 1.64. The molecule has 5 heteroatoms. The number of rotatable bonds is 7. The highest BCUT2D eigenvalue weighted by atomic mass is 32.1. The molecule has 1 aromatic heterocycles. The second-order valence-corrected chi connectivity index (χ2v) is 5.75. The molecule has 2 N–H and O–H groups in total. The molecule has 2 rings (SSSR count). The van der Waals surface area contributed by atoms with E-state index in [1.807, 2.05) is 36.6 Å². The summed E-state index contributed by atoms with van der Waals surface area (Å²) < 4.78 is 0. The highest BCUT2D eigenvalue weighted by Crippen LogP contribution is 2.09. The molecule has 0 unspecified atom stereocenters. The molecule has 0 radical (unpaired) electrons. The van der Waals surface area contributed by atoms with Crippen LogP contribution in [-0.2, 0) is 17.8 Å². The normalized spacial score (nSPS) is 10.2. The van der Waals surface area contributed by atoms with Crippen molar-refractivity contribution in [2.45, 2.75) is 26.3 Å². The first-order valence-corrected chi connectivity index (χ1v) is 8.28. The lowest BCUT2D eigenvalue weighted by Crippen LogP contribution is -2.24. The molecule has 4 nitrogen and oxygen atoms in total. The highest BCUT2D eigenvalue weighted by Gasteiger charge is 2.06. The maximum atomic E-state index is 11.8. The van der Waals surface area contributed by atoms with Gasteiger partial charge in [0.25, 0.3) is 5.91 Å². The van der Waals surface area contributed by atoms with Gasteiger partial charge in [-0.1, -0.05) is 12.1 Å². The van der Waals surface area contributed by atoms with Crippen LogP contribution >= 0.6 is 11.3 Å². The maximum absolute atomic E-state index is 11.8. The molecule has 0 aliphatic heterocycles. The van der Waals surface area contributed by atoms with E-state index in [0.29, 0.717) is 25.1 Å². The molecule has 0 fully saturated rings. The molecule has 22 heavy (non-hydrogen) atoms.